The molecule has 1 aliphatic rings. The highest BCUT2D eigenvalue weighted by atomic mass is 16.2. The summed E-state index contributed by atoms with van der Waals surface area (Å²) in [6.45, 7) is 9.83. The largest absolute Gasteiger partial charge is 0.396 e. The van der Waals surface area contributed by atoms with Crippen LogP contribution in [0, 0.1) is 17.3 Å². The zero-order valence-electron chi connectivity index (χ0n) is 12.7. The number of rotatable bonds is 7. The van der Waals surface area contributed by atoms with Crippen LogP contribution in [0.15, 0.2) is 0 Å². The molecule has 0 aromatic heterocycles. The van der Waals surface area contributed by atoms with E-state index in [-0.39, 0.29) is 0 Å². The van der Waals surface area contributed by atoms with E-state index in [9.17, 15) is 0 Å². The zero-order chi connectivity index (χ0) is 13.4. The number of aliphatic hydroxyl groups is 1. The van der Waals surface area contributed by atoms with Crippen molar-refractivity contribution in [1.29, 1.82) is 0 Å². The Morgan fingerprint density at radius 2 is 1.67 bits per heavy atom. The molecule has 108 valence electrons. The van der Waals surface area contributed by atoms with Gasteiger partial charge in [0.2, 0.25) is 0 Å². The molecule has 0 unspecified atom stereocenters. The summed E-state index contributed by atoms with van der Waals surface area (Å²) in [6, 6.07) is 0. The minimum absolute atomic E-state index is 0.344. The third-order valence-electron chi connectivity index (χ3n) is 4.52. The van der Waals surface area contributed by atoms with Crippen molar-refractivity contribution in [1.82, 2.24) is 5.32 Å². The molecule has 2 N–H and O–H groups in total. The van der Waals surface area contributed by atoms with Gasteiger partial charge in [-0.05, 0) is 75.3 Å². The molecule has 0 aliphatic heterocycles. The number of nitrogens with one attached hydrogen (secondary N) is 1. The van der Waals surface area contributed by atoms with E-state index in [1.165, 1.54) is 38.6 Å². The molecule has 0 spiro atoms. The maximum Gasteiger partial charge on any atom is 0.0431 e. The lowest BCUT2D eigenvalue weighted by Gasteiger charge is -2.37. The summed E-state index contributed by atoms with van der Waals surface area (Å²) < 4.78 is 0. The monoisotopic (exact) mass is 255 g/mol. The summed E-state index contributed by atoms with van der Waals surface area (Å²) in [5.41, 5.74) is 0.503. The Bertz CT molecular complexity index is 202. The number of hydrogen-bond acceptors (Lipinski definition) is 2. The van der Waals surface area contributed by atoms with E-state index in [1.807, 2.05) is 0 Å². The second kappa shape index (κ2) is 8.16. The quantitative estimate of drug-likeness (QED) is 0.681. The Morgan fingerprint density at radius 1 is 1.00 bits per heavy atom. The molecule has 0 aromatic carbocycles. The predicted molar refractivity (Wildman–Crippen MR) is 78.7 cm³/mol. The lowest BCUT2D eigenvalue weighted by atomic mass is 9.70. The van der Waals surface area contributed by atoms with Crippen molar-refractivity contribution in [3.63, 3.8) is 0 Å². The molecule has 0 saturated heterocycles. The average molecular weight is 255 g/mol. The van der Waals surface area contributed by atoms with Gasteiger partial charge in [-0.15, -0.1) is 0 Å². The SMILES string of the molecule is CC(C)(C)C1CCC(CNCCCCCO)CC1. The molecule has 0 aromatic rings. The second-order valence-electron chi connectivity index (χ2n) is 7.07. The summed E-state index contributed by atoms with van der Waals surface area (Å²) in [6.07, 6.45) is 8.97. The van der Waals surface area contributed by atoms with Crippen molar-refractivity contribution in [2.24, 2.45) is 17.3 Å². The fourth-order valence-electron chi connectivity index (χ4n) is 3.08. The van der Waals surface area contributed by atoms with Crippen LogP contribution in [-0.2, 0) is 0 Å². The third-order valence-corrected chi connectivity index (χ3v) is 4.52. The fraction of sp³-hybridized carbons (Fsp3) is 1.00. The molecule has 1 saturated carbocycles. The van der Waals surface area contributed by atoms with Crippen molar-refractivity contribution in [2.75, 3.05) is 19.7 Å². The van der Waals surface area contributed by atoms with Crippen LogP contribution in [-0.4, -0.2) is 24.8 Å². The summed E-state index contributed by atoms with van der Waals surface area (Å²) in [5, 5.41) is 12.3. The minimum Gasteiger partial charge on any atom is -0.396 e. The molecule has 0 amide bonds. The molecule has 2 heteroatoms. The number of aliphatic hydroxyl groups excluding tert-OH is 1. The van der Waals surface area contributed by atoms with Crippen molar-refractivity contribution >= 4 is 0 Å². The van der Waals surface area contributed by atoms with Gasteiger partial charge in [0.05, 0.1) is 0 Å². The summed E-state index contributed by atoms with van der Waals surface area (Å²) in [5.74, 6) is 1.83. The van der Waals surface area contributed by atoms with Crippen LogP contribution in [0.1, 0.15) is 65.7 Å². The Morgan fingerprint density at radius 3 is 2.22 bits per heavy atom. The number of unbranched alkanes of at least 4 members (excludes halogenated alkanes) is 2. The van der Waals surface area contributed by atoms with Crippen molar-refractivity contribution in [3.05, 3.63) is 0 Å². The van der Waals surface area contributed by atoms with Crippen LogP contribution >= 0.6 is 0 Å². The van der Waals surface area contributed by atoms with Crippen LogP contribution < -0.4 is 5.32 Å². The van der Waals surface area contributed by atoms with E-state index in [4.69, 9.17) is 5.11 Å². The smallest absolute Gasteiger partial charge is 0.0431 e. The average Bonchev–Trinajstić information content (AvgIpc) is 2.33. The van der Waals surface area contributed by atoms with E-state index in [2.05, 4.69) is 26.1 Å². The first-order valence-corrected chi connectivity index (χ1v) is 7.85. The minimum atomic E-state index is 0.344. The van der Waals surface area contributed by atoms with Gasteiger partial charge in [0.15, 0.2) is 0 Å². The standard InChI is InChI=1S/C16H33NO/c1-16(2,3)15-9-7-14(8-10-15)13-17-11-5-4-6-12-18/h14-15,17-18H,4-13H2,1-3H3. The second-order valence-corrected chi connectivity index (χ2v) is 7.07. The maximum absolute atomic E-state index is 8.70. The van der Waals surface area contributed by atoms with E-state index >= 15 is 0 Å². The Labute approximate surface area is 114 Å². The summed E-state index contributed by atoms with van der Waals surface area (Å²) >= 11 is 0. The van der Waals surface area contributed by atoms with Crippen molar-refractivity contribution < 1.29 is 5.11 Å². The first-order chi connectivity index (χ1) is 8.54. The molecule has 0 heterocycles. The topological polar surface area (TPSA) is 32.3 Å². The van der Waals surface area contributed by atoms with Gasteiger partial charge in [-0.2, -0.15) is 0 Å². The van der Waals surface area contributed by atoms with Gasteiger partial charge >= 0.3 is 0 Å². The van der Waals surface area contributed by atoms with Gasteiger partial charge < -0.3 is 10.4 Å². The van der Waals surface area contributed by atoms with Crippen LogP contribution in [0.25, 0.3) is 0 Å². The van der Waals surface area contributed by atoms with Crippen molar-refractivity contribution in [3.8, 4) is 0 Å². The predicted octanol–water partition coefficient (Wildman–Crippen LogP) is 3.59. The normalized spacial score (nSPS) is 25.3. The molecule has 0 atom stereocenters. The molecule has 18 heavy (non-hydrogen) atoms. The van der Waals surface area contributed by atoms with Gasteiger partial charge in [0.25, 0.3) is 0 Å². The van der Waals surface area contributed by atoms with Gasteiger partial charge in [-0.1, -0.05) is 20.8 Å². The molecule has 1 rings (SSSR count). The van der Waals surface area contributed by atoms with E-state index in [1.54, 1.807) is 0 Å². The lowest BCUT2D eigenvalue weighted by molar-refractivity contribution is 0.149. The molecule has 0 radical (unpaired) electrons. The van der Waals surface area contributed by atoms with Gasteiger partial charge in [-0.25, -0.2) is 0 Å². The highest BCUT2D eigenvalue weighted by Gasteiger charge is 2.29. The molecular formula is C16H33NO. The zero-order valence-corrected chi connectivity index (χ0v) is 12.7. The molecule has 1 fully saturated rings. The Balaban J connectivity index is 2.02. The summed E-state index contributed by atoms with van der Waals surface area (Å²) in [7, 11) is 0. The van der Waals surface area contributed by atoms with E-state index in [0.717, 1.165) is 31.2 Å². The van der Waals surface area contributed by atoms with Crippen LogP contribution in [0.2, 0.25) is 0 Å². The first-order valence-electron chi connectivity index (χ1n) is 7.85. The van der Waals surface area contributed by atoms with E-state index < -0.39 is 0 Å². The van der Waals surface area contributed by atoms with Gasteiger partial charge in [-0.3, -0.25) is 0 Å². The lowest BCUT2D eigenvalue weighted by Crippen LogP contribution is -2.31. The first kappa shape index (κ1) is 16.0. The van der Waals surface area contributed by atoms with Crippen molar-refractivity contribution in [2.45, 2.75) is 65.7 Å². The van der Waals surface area contributed by atoms with Gasteiger partial charge in [0, 0.05) is 6.61 Å². The van der Waals surface area contributed by atoms with Crippen LogP contribution in [0.4, 0.5) is 0 Å². The Hall–Kier alpha value is -0.0800. The number of hydrogen-bond donors (Lipinski definition) is 2. The van der Waals surface area contributed by atoms with Crippen LogP contribution in [0.3, 0.4) is 0 Å². The van der Waals surface area contributed by atoms with Gasteiger partial charge in [0.1, 0.15) is 0 Å². The molecule has 1 aliphatic carbocycles. The van der Waals surface area contributed by atoms with E-state index in [0.29, 0.717) is 12.0 Å². The highest BCUT2D eigenvalue weighted by Crippen LogP contribution is 2.39. The van der Waals surface area contributed by atoms with Crippen LogP contribution in [0.5, 0.6) is 0 Å². The fourth-order valence-corrected chi connectivity index (χ4v) is 3.08. The molecule has 0 bridgehead atoms. The summed E-state index contributed by atoms with van der Waals surface area (Å²) in [4.78, 5) is 0. The maximum atomic E-state index is 8.70. The third kappa shape index (κ3) is 6.19. The highest BCUT2D eigenvalue weighted by molar-refractivity contribution is 4.81. The Kier molecular flexibility index (Phi) is 7.25. The molecule has 2 nitrogen and oxygen atoms in total. The molecular weight excluding hydrogens is 222 g/mol.